The van der Waals surface area contributed by atoms with Crippen LogP contribution in [0.15, 0.2) is 18.2 Å². The third kappa shape index (κ3) is 3.57. The summed E-state index contributed by atoms with van der Waals surface area (Å²) < 4.78 is 39.7. The molecule has 1 fully saturated rings. The van der Waals surface area contributed by atoms with Crippen molar-refractivity contribution in [1.82, 2.24) is 0 Å². The first-order valence-corrected chi connectivity index (χ1v) is 7.22. The van der Waals surface area contributed by atoms with E-state index in [2.05, 4.69) is 6.92 Å². The van der Waals surface area contributed by atoms with Crippen LogP contribution in [0.5, 0.6) is 0 Å². The highest BCUT2D eigenvalue weighted by molar-refractivity contribution is 5.77. The van der Waals surface area contributed by atoms with Crippen LogP contribution in [0.4, 0.5) is 18.9 Å². The van der Waals surface area contributed by atoms with Crippen LogP contribution in [0.2, 0.25) is 0 Å². The van der Waals surface area contributed by atoms with Crippen LogP contribution in [0.3, 0.4) is 0 Å². The maximum Gasteiger partial charge on any atom is 0.418 e. The van der Waals surface area contributed by atoms with Gasteiger partial charge in [0, 0.05) is 24.3 Å². The highest BCUT2D eigenvalue weighted by atomic mass is 19.4. The minimum atomic E-state index is -4.46. The molecule has 1 aliphatic carbocycles. The van der Waals surface area contributed by atoms with Crippen molar-refractivity contribution in [1.29, 1.82) is 0 Å². The highest BCUT2D eigenvalue weighted by Gasteiger charge is 2.36. The molecule has 0 heterocycles. The van der Waals surface area contributed by atoms with Gasteiger partial charge in [0.05, 0.1) is 5.56 Å². The summed E-state index contributed by atoms with van der Waals surface area (Å²) in [6.45, 7) is 2.14. The maximum absolute atomic E-state index is 13.2. The molecule has 0 saturated heterocycles. The second kappa shape index (κ2) is 6.08. The van der Waals surface area contributed by atoms with Crippen molar-refractivity contribution >= 4 is 12.0 Å². The van der Waals surface area contributed by atoms with E-state index in [0.717, 1.165) is 31.7 Å². The predicted octanol–water partition coefficient (Wildman–Crippen LogP) is 4.53. The van der Waals surface area contributed by atoms with Gasteiger partial charge in [-0.25, -0.2) is 0 Å². The molecule has 0 aromatic heterocycles. The van der Waals surface area contributed by atoms with Crippen LogP contribution in [-0.4, -0.2) is 19.4 Å². The molecular formula is C16H20F3NO. The second-order valence-electron chi connectivity index (χ2n) is 5.93. The monoisotopic (exact) mass is 299 g/mol. The first kappa shape index (κ1) is 15.9. The van der Waals surface area contributed by atoms with Crippen LogP contribution >= 0.6 is 0 Å². The molecule has 2 unspecified atom stereocenters. The molecule has 21 heavy (non-hydrogen) atoms. The van der Waals surface area contributed by atoms with Crippen molar-refractivity contribution < 1.29 is 18.0 Å². The Labute approximate surface area is 122 Å². The third-order valence-electron chi connectivity index (χ3n) is 4.30. The Morgan fingerprint density at radius 2 is 2.00 bits per heavy atom. The lowest BCUT2D eigenvalue weighted by molar-refractivity contribution is -0.137. The minimum absolute atomic E-state index is 0.0523. The van der Waals surface area contributed by atoms with Crippen molar-refractivity contribution in [3.63, 3.8) is 0 Å². The first-order valence-electron chi connectivity index (χ1n) is 7.22. The molecule has 2 rings (SSSR count). The number of hydrogen-bond donors (Lipinski definition) is 0. The number of carbonyl (C=O) groups is 1. The zero-order valence-electron chi connectivity index (χ0n) is 12.3. The Morgan fingerprint density at radius 1 is 1.29 bits per heavy atom. The molecule has 2 nitrogen and oxygen atoms in total. The number of alkyl halides is 3. The maximum atomic E-state index is 13.2. The minimum Gasteiger partial charge on any atom is -0.371 e. The van der Waals surface area contributed by atoms with Crippen molar-refractivity contribution in [2.45, 2.75) is 44.8 Å². The number of benzene rings is 1. The fraction of sp³-hybridized carbons (Fsp3) is 0.562. The highest BCUT2D eigenvalue weighted by Crippen LogP contribution is 2.39. The number of carbonyl (C=O) groups excluding carboxylic acids is 1. The third-order valence-corrected chi connectivity index (χ3v) is 4.30. The normalized spacial score (nSPS) is 22.9. The van der Waals surface area contributed by atoms with Gasteiger partial charge in [-0.2, -0.15) is 13.2 Å². The molecule has 1 aromatic carbocycles. The van der Waals surface area contributed by atoms with Gasteiger partial charge in [-0.3, -0.25) is 4.79 Å². The number of anilines is 1. The number of nitrogens with zero attached hydrogens (tertiary/aromatic N) is 1. The van der Waals surface area contributed by atoms with Gasteiger partial charge in [0.25, 0.3) is 0 Å². The van der Waals surface area contributed by atoms with Crippen LogP contribution in [0.25, 0.3) is 0 Å². The number of rotatable bonds is 3. The van der Waals surface area contributed by atoms with Crippen molar-refractivity contribution in [3.05, 3.63) is 29.3 Å². The fourth-order valence-electron chi connectivity index (χ4n) is 3.11. The molecule has 116 valence electrons. The van der Waals surface area contributed by atoms with Gasteiger partial charge in [0.1, 0.15) is 6.29 Å². The largest absolute Gasteiger partial charge is 0.418 e. The molecule has 1 aliphatic rings. The summed E-state index contributed by atoms with van der Waals surface area (Å²) in [5.41, 5.74) is -0.517. The molecule has 0 spiro atoms. The standard InChI is InChI=1S/C16H20F3NO/c1-11-4-3-5-13(8-11)20(2)15-7-6-12(10-21)9-14(15)16(17,18)19/h6-7,9-11,13H,3-5,8H2,1-2H3. The summed E-state index contributed by atoms with van der Waals surface area (Å²) in [5.74, 6) is 0.537. The molecular weight excluding hydrogens is 279 g/mol. The first-order chi connectivity index (χ1) is 9.82. The van der Waals surface area contributed by atoms with Crippen LogP contribution in [0.1, 0.15) is 48.5 Å². The Bertz CT molecular complexity index is 513. The topological polar surface area (TPSA) is 20.3 Å². The molecule has 0 N–H and O–H groups in total. The van der Waals surface area contributed by atoms with E-state index in [-0.39, 0.29) is 17.3 Å². The van der Waals surface area contributed by atoms with Gasteiger partial charge >= 0.3 is 6.18 Å². The molecule has 0 radical (unpaired) electrons. The Morgan fingerprint density at radius 3 is 2.57 bits per heavy atom. The van der Waals surface area contributed by atoms with Crippen molar-refractivity contribution in [2.24, 2.45) is 5.92 Å². The molecule has 1 aromatic rings. The van der Waals surface area contributed by atoms with Crippen molar-refractivity contribution in [2.75, 3.05) is 11.9 Å². The van der Waals surface area contributed by atoms with Gasteiger partial charge in [-0.05, 0) is 37.0 Å². The van der Waals surface area contributed by atoms with Gasteiger partial charge in [0.15, 0.2) is 0 Å². The van der Waals surface area contributed by atoms with Gasteiger partial charge in [-0.15, -0.1) is 0 Å². The van der Waals surface area contributed by atoms with Crippen LogP contribution < -0.4 is 4.90 Å². The van der Waals surface area contributed by atoms with E-state index in [1.165, 1.54) is 12.1 Å². The molecule has 0 amide bonds. The Balaban J connectivity index is 2.35. The van der Waals surface area contributed by atoms with Gasteiger partial charge < -0.3 is 4.90 Å². The second-order valence-corrected chi connectivity index (χ2v) is 5.93. The summed E-state index contributed by atoms with van der Waals surface area (Å²) in [6, 6.07) is 3.91. The summed E-state index contributed by atoms with van der Waals surface area (Å²) in [4.78, 5) is 12.5. The molecule has 1 saturated carbocycles. The van der Waals surface area contributed by atoms with E-state index in [9.17, 15) is 18.0 Å². The van der Waals surface area contributed by atoms with Crippen LogP contribution in [0, 0.1) is 5.92 Å². The number of aldehydes is 1. The van der Waals surface area contributed by atoms with Crippen LogP contribution in [-0.2, 0) is 6.18 Å². The predicted molar refractivity (Wildman–Crippen MR) is 76.7 cm³/mol. The molecule has 0 bridgehead atoms. The van der Waals surface area contributed by atoms with E-state index < -0.39 is 11.7 Å². The average molecular weight is 299 g/mol. The summed E-state index contributed by atoms with van der Waals surface area (Å²) in [7, 11) is 1.72. The summed E-state index contributed by atoms with van der Waals surface area (Å²) >= 11 is 0. The Hall–Kier alpha value is -1.52. The SMILES string of the molecule is CC1CCCC(N(C)c2ccc(C=O)cc2C(F)(F)F)C1. The molecule has 5 heteroatoms. The Kier molecular flexibility index (Phi) is 4.59. The lowest BCUT2D eigenvalue weighted by Gasteiger charge is -2.36. The van der Waals surface area contributed by atoms with Crippen molar-refractivity contribution in [3.8, 4) is 0 Å². The summed E-state index contributed by atoms with van der Waals surface area (Å²) in [5, 5.41) is 0. The zero-order chi connectivity index (χ0) is 15.6. The number of halogens is 3. The fourth-order valence-corrected chi connectivity index (χ4v) is 3.11. The quantitative estimate of drug-likeness (QED) is 0.764. The smallest absolute Gasteiger partial charge is 0.371 e. The van der Waals surface area contributed by atoms with Gasteiger partial charge in [-0.1, -0.05) is 19.8 Å². The van der Waals surface area contributed by atoms with E-state index in [4.69, 9.17) is 0 Å². The molecule has 2 atom stereocenters. The van der Waals surface area contributed by atoms with E-state index in [1.807, 2.05) is 0 Å². The lowest BCUT2D eigenvalue weighted by Crippen LogP contribution is -2.36. The number of hydrogen-bond acceptors (Lipinski definition) is 2. The average Bonchev–Trinajstić information content (AvgIpc) is 2.45. The van der Waals surface area contributed by atoms with E-state index >= 15 is 0 Å². The van der Waals surface area contributed by atoms with E-state index in [1.54, 1.807) is 11.9 Å². The molecule has 0 aliphatic heterocycles. The zero-order valence-corrected chi connectivity index (χ0v) is 12.3. The lowest BCUT2D eigenvalue weighted by atomic mass is 9.86. The van der Waals surface area contributed by atoms with Gasteiger partial charge in [0.2, 0.25) is 0 Å². The van der Waals surface area contributed by atoms with E-state index in [0.29, 0.717) is 12.2 Å². The summed E-state index contributed by atoms with van der Waals surface area (Å²) in [6.07, 6.45) is -0.00804.